The van der Waals surface area contributed by atoms with Crippen LogP contribution in [0.15, 0.2) is 0 Å². The van der Waals surface area contributed by atoms with Gasteiger partial charge >= 0.3 is 0 Å². The standard InChI is InChI=1S/C16H30N2O2/c1-6-11(7-2)10(3)18-14(19)16(17)12-8-9-20-13(12)15(16,4)5/h10-13H,6-9,17H2,1-5H3,(H,18,19). The highest BCUT2D eigenvalue weighted by molar-refractivity contribution is 5.89. The zero-order chi connectivity index (χ0) is 15.1. The Balaban J connectivity index is 2.09. The number of rotatable bonds is 5. The third kappa shape index (κ3) is 2.00. The zero-order valence-electron chi connectivity index (χ0n) is 13.5. The van der Waals surface area contributed by atoms with Crippen molar-refractivity contribution in [1.82, 2.24) is 5.32 Å². The van der Waals surface area contributed by atoms with Gasteiger partial charge in [0.15, 0.2) is 0 Å². The summed E-state index contributed by atoms with van der Waals surface area (Å²) in [5.41, 5.74) is 5.48. The SMILES string of the molecule is CCC(CC)C(C)NC(=O)C1(N)C2CCOC2C1(C)C. The molecule has 4 unspecified atom stereocenters. The minimum atomic E-state index is -0.783. The van der Waals surface area contributed by atoms with Crippen LogP contribution in [-0.4, -0.2) is 30.2 Å². The van der Waals surface area contributed by atoms with Crippen LogP contribution in [-0.2, 0) is 9.53 Å². The molecule has 0 spiro atoms. The van der Waals surface area contributed by atoms with Crippen molar-refractivity contribution in [2.24, 2.45) is 23.0 Å². The molecule has 2 rings (SSSR count). The van der Waals surface area contributed by atoms with Crippen LogP contribution in [0.4, 0.5) is 0 Å². The maximum atomic E-state index is 12.8. The van der Waals surface area contributed by atoms with Gasteiger partial charge < -0.3 is 15.8 Å². The second-order valence-electron chi connectivity index (χ2n) is 7.12. The molecule has 0 aromatic carbocycles. The van der Waals surface area contributed by atoms with E-state index in [2.05, 4.69) is 39.9 Å². The van der Waals surface area contributed by atoms with Crippen LogP contribution in [0.3, 0.4) is 0 Å². The molecule has 1 aliphatic heterocycles. The normalized spacial score (nSPS) is 36.4. The minimum absolute atomic E-state index is 0.00801. The Kier molecular flexibility index (Phi) is 4.18. The summed E-state index contributed by atoms with van der Waals surface area (Å²) in [4.78, 5) is 12.8. The molecule has 2 aliphatic rings. The summed E-state index contributed by atoms with van der Waals surface area (Å²) in [6.07, 6.45) is 3.20. The van der Waals surface area contributed by atoms with Crippen molar-refractivity contribution in [1.29, 1.82) is 0 Å². The number of hydrogen-bond acceptors (Lipinski definition) is 3. The highest BCUT2D eigenvalue weighted by atomic mass is 16.5. The van der Waals surface area contributed by atoms with Gasteiger partial charge in [-0.3, -0.25) is 4.79 Å². The molecule has 0 aromatic heterocycles. The monoisotopic (exact) mass is 282 g/mol. The van der Waals surface area contributed by atoms with E-state index >= 15 is 0 Å². The topological polar surface area (TPSA) is 64.4 Å². The smallest absolute Gasteiger partial charge is 0.241 e. The molecule has 1 amide bonds. The van der Waals surface area contributed by atoms with E-state index in [0.29, 0.717) is 5.92 Å². The summed E-state index contributed by atoms with van der Waals surface area (Å²) in [5, 5.41) is 3.17. The molecule has 2 fully saturated rings. The van der Waals surface area contributed by atoms with Crippen molar-refractivity contribution in [2.45, 2.75) is 71.6 Å². The number of carbonyl (C=O) groups excluding carboxylic acids is 1. The third-order valence-corrected chi connectivity index (χ3v) is 5.94. The lowest BCUT2D eigenvalue weighted by Crippen LogP contribution is -2.80. The molecule has 1 heterocycles. The quantitative estimate of drug-likeness (QED) is 0.811. The fourth-order valence-corrected chi connectivity index (χ4v) is 4.29. The number of amides is 1. The molecule has 20 heavy (non-hydrogen) atoms. The van der Waals surface area contributed by atoms with Crippen LogP contribution >= 0.6 is 0 Å². The van der Waals surface area contributed by atoms with Gasteiger partial charge in [0.25, 0.3) is 0 Å². The first-order chi connectivity index (χ1) is 9.30. The van der Waals surface area contributed by atoms with Crippen LogP contribution in [0.1, 0.15) is 53.9 Å². The summed E-state index contributed by atoms with van der Waals surface area (Å²) < 4.78 is 5.75. The first-order valence-electron chi connectivity index (χ1n) is 8.02. The summed E-state index contributed by atoms with van der Waals surface area (Å²) >= 11 is 0. The van der Waals surface area contributed by atoms with E-state index in [9.17, 15) is 4.79 Å². The summed E-state index contributed by atoms with van der Waals surface area (Å²) in [6.45, 7) is 11.3. The average molecular weight is 282 g/mol. The molecule has 0 bridgehead atoms. The van der Waals surface area contributed by atoms with E-state index in [4.69, 9.17) is 10.5 Å². The van der Waals surface area contributed by atoms with Crippen molar-refractivity contribution >= 4 is 5.91 Å². The summed E-state index contributed by atoms with van der Waals surface area (Å²) in [5.74, 6) is 0.696. The molecule has 4 atom stereocenters. The number of nitrogens with two attached hydrogens (primary N) is 1. The van der Waals surface area contributed by atoms with E-state index in [1.54, 1.807) is 0 Å². The molecular weight excluding hydrogens is 252 g/mol. The Bertz CT molecular complexity index is 379. The van der Waals surface area contributed by atoms with E-state index in [1.165, 1.54) is 0 Å². The van der Waals surface area contributed by atoms with Crippen LogP contribution in [0.2, 0.25) is 0 Å². The molecule has 4 nitrogen and oxygen atoms in total. The largest absolute Gasteiger partial charge is 0.377 e. The van der Waals surface area contributed by atoms with E-state index in [-0.39, 0.29) is 29.4 Å². The molecule has 1 saturated carbocycles. The predicted molar refractivity (Wildman–Crippen MR) is 80.2 cm³/mol. The van der Waals surface area contributed by atoms with Gasteiger partial charge in [0, 0.05) is 24.0 Å². The highest BCUT2D eigenvalue weighted by Gasteiger charge is 2.71. The second kappa shape index (κ2) is 5.30. The van der Waals surface area contributed by atoms with Gasteiger partial charge in [-0.2, -0.15) is 0 Å². The number of fused-ring (bicyclic) bond motifs is 1. The lowest BCUT2D eigenvalue weighted by Gasteiger charge is -2.60. The minimum Gasteiger partial charge on any atom is -0.377 e. The van der Waals surface area contributed by atoms with Crippen molar-refractivity contribution in [3.05, 3.63) is 0 Å². The molecule has 116 valence electrons. The maximum Gasteiger partial charge on any atom is 0.241 e. The van der Waals surface area contributed by atoms with Gasteiger partial charge in [0.05, 0.1) is 6.10 Å². The van der Waals surface area contributed by atoms with Gasteiger partial charge in [-0.05, 0) is 19.3 Å². The van der Waals surface area contributed by atoms with Crippen molar-refractivity contribution in [3.63, 3.8) is 0 Å². The van der Waals surface area contributed by atoms with Crippen LogP contribution in [0.5, 0.6) is 0 Å². The molecule has 1 saturated heterocycles. The molecule has 0 radical (unpaired) electrons. The fourth-order valence-electron chi connectivity index (χ4n) is 4.29. The van der Waals surface area contributed by atoms with Crippen LogP contribution < -0.4 is 11.1 Å². The second-order valence-corrected chi connectivity index (χ2v) is 7.12. The number of hydrogen-bond donors (Lipinski definition) is 2. The van der Waals surface area contributed by atoms with E-state index in [1.807, 2.05) is 0 Å². The molecule has 0 aromatic rings. The Hall–Kier alpha value is -0.610. The number of ether oxygens (including phenoxy) is 1. The molecular formula is C16H30N2O2. The van der Waals surface area contributed by atoms with Crippen molar-refractivity contribution < 1.29 is 9.53 Å². The zero-order valence-corrected chi connectivity index (χ0v) is 13.5. The Labute approximate surface area is 122 Å². The maximum absolute atomic E-state index is 12.8. The van der Waals surface area contributed by atoms with Crippen LogP contribution in [0.25, 0.3) is 0 Å². The van der Waals surface area contributed by atoms with Gasteiger partial charge in [0.2, 0.25) is 5.91 Å². The van der Waals surface area contributed by atoms with Gasteiger partial charge in [-0.15, -0.1) is 0 Å². The number of nitrogens with one attached hydrogen (secondary N) is 1. The summed E-state index contributed by atoms with van der Waals surface area (Å²) in [6, 6.07) is 0.176. The van der Waals surface area contributed by atoms with Crippen molar-refractivity contribution in [2.75, 3.05) is 6.61 Å². The van der Waals surface area contributed by atoms with E-state index in [0.717, 1.165) is 25.9 Å². The van der Waals surface area contributed by atoms with Crippen LogP contribution in [0, 0.1) is 17.3 Å². The summed E-state index contributed by atoms with van der Waals surface area (Å²) in [7, 11) is 0. The lowest BCUT2D eigenvalue weighted by molar-refractivity contribution is -0.176. The Morgan fingerprint density at radius 3 is 2.55 bits per heavy atom. The lowest BCUT2D eigenvalue weighted by atomic mass is 9.48. The Morgan fingerprint density at radius 1 is 1.40 bits per heavy atom. The fraction of sp³-hybridized carbons (Fsp3) is 0.938. The van der Waals surface area contributed by atoms with Gasteiger partial charge in [-0.25, -0.2) is 0 Å². The number of carbonyl (C=O) groups is 1. The Morgan fingerprint density at radius 2 is 2.00 bits per heavy atom. The van der Waals surface area contributed by atoms with E-state index < -0.39 is 5.54 Å². The van der Waals surface area contributed by atoms with Gasteiger partial charge in [0.1, 0.15) is 5.54 Å². The first-order valence-corrected chi connectivity index (χ1v) is 8.02. The molecule has 1 aliphatic carbocycles. The van der Waals surface area contributed by atoms with Crippen molar-refractivity contribution in [3.8, 4) is 0 Å². The van der Waals surface area contributed by atoms with Gasteiger partial charge in [-0.1, -0.05) is 40.5 Å². The predicted octanol–water partition coefficient (Wildman–Crippen LogP) is 2.07. The first kappa shape index (κ1) is 15.8. The highest BCUT2D eigenvalue weighted by Crippen LogP contribution is 2.58. The molecule has 4 heteroatoms. The average Bonchev–Trinajstić information content (AvgIpc) is 2.87. The third-order valence-electron chi connectivity index (χ3n) is 5.94. The molecule has 3 N–H and O–H groups in total.